The zero-order valence-electron chi connectivity index (χ0n) is 20.3. The van der Waals surface area contributed by atoms with Crippen molar-refractivity contribution in [2.75, 3.05) is 23.3 Å². The third-order valence-corrected chi connectivity index (χ3v) is 7.29. The Morgan fingerprint density at radius 1 is 1.17 bits per heavy atom. The molecule has 9 heteroatoms. The quantitative estimate of drug-likeness (QED) is 0.458. The first-order chi connectivity index (χ1) is 16.9. The fourth-order valence-electron chi connectivity index (χ4n) is 5.26. The molecular weight excluding hydrogens is 445 g/mol. The van der Waals surface area contributed by atoms with Crippen LogP contribution in [0.15, 0.2) is 36.8 Å². The predicted molar refractivity (Wildman–Crippen MR) is 134 cm³/mol. The van der Waals surface area contributed by atoms with Crippen molar-refractivity contribution in [3.8, 4) is 0 Å². The number of nitrogens with one attached hydrogen (secondary N) is 2. The van der Waals surface area contributed by atoms with Crippen LogP contribution in [-0.2, 0) is 7.05 Å². The van der Waals surface area contributed by atoms with Gasteiger partial charge in [0.1, 0.15) is 5.52 Å². The third kappa shape index (κ3) is 4.14. The van der Waals surface area contributed by atoms with Crippen molar-refractivity contribution in [3.63, 3.8) is 0 Å². The van der Waals surface area contributed by atoms with Gasteiger partial charge in [0.2, 0.25) is 0 Å². The van der Waals surface area contributed by atoms with Crippen molar-refractivity contribution in [1.82, 2.24) is 24.5 Å². The second kappa shape index (κ2) is 8.34. The Kier molecular flexibility index (Phi) is 5.25. The molecule has 6 rings (SSSR count). The van der Waals surface area contributed by atoms with E-state index in [1.165, 1.54) is 12.5 Å². The normalized spacial score (nSPS) is 20.6. The zero-order chi connectivity index (χ0) is 24.3. The fraction of sp³-hybridized carbons (Fsp3) is 0.423. The summed E-state index contributed by atoms with van der Waals surface area (Å²) in [5.74, 6) is 0.00442. The molecule has 8 nitrogen and oxygen atoms in total. The number of hydrogen-bond donors (Lipinski definition) is 2. The minimum absolute atomic E-state index is 0.239. The van der Waals surface area contributed by atoms with Crippen molar-refractivity contribution >= 4 is 33.8 Å². The molecule has 1 saturated carbocycles. The highest BCUT2D eigenvalue weighted by Crippen LogP contribution is 2.33. The maximum absolute atomic E-state index is 14.5. The fourth-order valence-corrected chi connectivity index (χ4v) is 5.26. The molecular formula is C26H30FN7O. The maximum Gasteiger partial charge on any atom is 0.257 e. The van der Waals surface area contributed by atoms with Crippen LogP contribution in [0.3, 0.4) is 0 Å². The summed E-state index contributed by atoms with van der Waals surface area (Å²) in [5.41, 5.74) is 3.53. The highest BCUT2D eigenvalue weighted by Gasteiger charge is 2.35. The molecule has 2 unspecified atom stereocenters. The molecule has 0 radical (unpaired) electrons. The molecule has 1 aromatic carbocycles. The molecule has 0 bridgehead atoms. The second-order valence-electron chi connectivity index (χ2n) is 10.1. The summed E-state index contributed by atoms with van der Waals surface area (Å²) in [7, 11) is 1.86. The number of halogens is 1. The number of aromatic nitrogens is 4. The molecule has 1 aliphatic heterocycles. The monoisotopic (exact) mass is 475 g/mol. The van der Waals surface area contributed by atoms with E-state index in [-0.39, 0.29) is 11.6 Å². The van der Waals surface area contributed by atoms with Crippen LogP contribution < -0.4 is 15.5 Å². The number of benzene rings is 1. The highest BCUT2D eigenvalue weighted by molar-refractivity contribution is 6.13. The van der Waals surface area contributed by atoms with Gasteiger partial charge in [-0.05, 0) is 44.2 Å². The number of rotatable bonds is 5. The number of aryl methyl sites for hydroxylation is 2. The van der Waals surface area contributed by atoms with Crippen LogP contribution in [0.25, 0.3) is 16.6 Å². The molecule has 4 aromatic rings. The topological polar surface area (TPSA) is 79.5 Å². The van der Waals surface area contributed by atoms with Gasteiger partial charge in [-0.1, -0.05) is 6.92 Å². The van der Waals surface area contributed by atoms with Gasteiger partial charge in [0.25, 0.3) is 5.91 Å². The number of imidazole rings is 1. The molecule has 2 fully saturated rings. The number of fused-ring (bicyclic) bond motifs is 2. The number of nitrogens with zero attached hydrogens (tertiary/aromatic N) is 5. The average molecular weight is 476 g/mol. The molecule has 2 aliphatic rings. The molecule has 182 valence electrons. The molecule has 2 atom stereocenters. The second-order valence-corrected chi connectivity index (χ2v) is 10.1. The Hall–Kier alpha value is -3.46. The number of anilines is 2. The van der Waals surface area contributed by atoms with Gasteiger partial charge in [-0.25, -0.2) is 9.37 Å². The average Bonchev–Trinajstić information content (AvgIpc) is 3.17. The summed E-state index contributed by atoms with van der Waals surface area (Å²) >= 11 is 0. The van der Waals surface area contributed by atoms with Crippen LogP contribution in [0, 0.1) is 18.7 Å². The van der Waals surface area contributed by atoms with E-state index in [9.17, 15) is 9.18 Å². The van der Waals surface area contributed by atoms with Crippen molar-refractivity contribution in [1.29, 1.82) is 0 Å². The predicted octanol–water partition coefficient (Wildman–Crippen LogP) is 3.89. The van der Waals surface area contributed by atoms with Gasteiger partial charge < -0.3 is 19.9 Å². The molecule has 2 N–H and O–H groups in total. The van der Waals surface area contributed by atoms with Crippen molar-refractivity contribution in [3.05, 3.63) is 53.9 Å². The Bertz CT molecular complexity index is 1430. The van der Waals surface area contributed by atoms with Gasteiger partial charge in [0.15, 0.2) is 11.5 Å². The van der Waals surface area contributed by atoms with E-state index >= 15 is 0 Å². The number of hydrogen-bond acceptors (Lipinski definition) is 5. The Morgan fingerprint density at radius 3 is 2.69 bits per heavy atom. The smallest absolute Gasteiger partial charge is 0.257 e. The summed E-state index contributed by atoms with van der Waals surface area (Å²) in [6.45, 7) is 6.05. The van der Waals surface area contributed by atoms with E-state index in [1.807, 2.05) is 25.4 Å². The lowest BCUT2D eigenvalue weighted by atomic mass is 10.0. The first-order valence-corrected chi connectivity index (χ1v) is 12.3. The van der Waals surface area contributed by atoms with Gasteiger partial charge in [0, 0.05) is 68.0 Å². The standard InChI is InChI=1S/C26H30FN7O/c1-15-10-22(15)29-17-6-8-33(9-7-17)23-5-4-19(24-20(23)14-32(3)31-24)26(35)30-18-11-21(27)25-28-16(2)12-34(25)13-18/h4-5,11-15,17,22,29H,6-10H2,1-3H3,(H,30,35). The number of pyridine rings is 1. The first-order valence-electron chi connectivity index (χ1n) is 12.3. The number of carbonyl (C=O) groups is 1. The van der Waals surface area contributed by atoms with Crippen LogP contribution >= 0.6 is 0 Å². The Morgan fingerprint density at radius 2 is 1.94 bits per heavy atom. The van der Waals surface area contributed by atoms with E-state index in [4.69, 9.17) is 0 Å². The van der Waals surface area contributed by atoms with Gasteiger partial charge in [-0.2, -0.15) is 5.10 Å². The van der Waals surface area contributed by atoms with Crippen LogP contribution in [0.4, 0.5) is 15.8 Å². The molecule has 1 aliphatic carbocycles. The summed E-state index contributed by atoms with van der Waals surface area (Å²) in [4.78, 5) is 19.8. The van der Waals surface area contributed by atoms with Gasteiger partial charge in [0.05, 0.1) is 16.9 Å². The maximum atomic E-state index is 14.5. The van der Waals surface area contributed by atoms with Gasteiger partial charge in [-0.3, -0.25) is 9.48 Å². The van der Waals surface area contributed by atoms with E-state index in [1.54, 1.807) is 28.4 Å². The van der Waals surface area contributed by atoms with Crippen molar-refractivity contribution < 1.29 is 9.18 Å². The van der Waals surface area contributed by atoms with Crippen molar-refractivity contribution in [2.24, 2.45) is 13.0 Å². The number of piperidine rings is 1. The van der Waals surface area contributed by atoms with E-state index < -0.39 is 5.82 Å². The summed E-state index contributed by atoms with van der Waals surface area (Å²) < 4.78 is 17.8. The summed E-state index contributed by atoms with van der Waals surface area (Å²) in [6, 6.07) is 6.41. The minimum atomic E-state index is -0.483. The lowest BCUT2D eigenvalue weighted by Crippen LogP contribution is -2.43. The molecule has 4 heterocycles. The van der Waals surface area contributed by atoms with Crippen molar-refractivity contribution in [2.45, 2.75) is 45.2 Å². The summed E-state index contributed by atoms with van der Waals surface area (Å²) in [5, 5.41) is 12.2. The minimum Gasteiger partial charge on any atom is -0.371 e. The molecule has 1 amide bonds. The third-order valence-electron chi connectivity index (χ3n) is 7.29. The van der Waals surface area contributed by atoms with Gasteiger partial charge in [-0.15, -0.1) is 0 Å². The summed E-state index contributed by atoms with van der Waals surface area (Å²) in [6.07, 6.45) is 8.87. The van der Waals surface area contributed by atoms with E-state index in [2.05, 4.69) is 32.5 Å². The van der Waals surface area contributed by atoms with Crippen LogP contribution in [-0.4, -0.2) is 50.2 Å². The van der Waals surface area contributed by atoms with Crippen LogP contribution in [0.2, 0.25) is 0 Å². The molecule has 0 spiro atoms. The Balaban J connectivity index is 1.24. The van der Waals surface area contributed by atoms with Crippen LogP contribution in [0.1, 0.15) is 42.2 Å². The largest absolute Gasteiger partial charge is 0.371 e. The zero-order valence-corrected chi connectivity index (χ0v) is 20.3. The first kappa shape index (κ1) is 22.0. The van der Waals surface area contributed by atoms with E-state index in [0.717, 1.165) is 42.9 Å². The van der Waals surface area contributed by atoms with E-state index in [0.29, 0.717) is 34.5 Å². The lowest BCUT2D eigenvalue weighted by molar-refractivity contribution is 0.102. The van der Waals surface area contributed by atoms with Crippen LogP contribution in [0.5, 0.6) is 0 Å². The molecule has 1 saturated heterocycles. The number of carbonyl (C=O) groups excluding carboxylic acids is 1. The molecule has 3 aromatic heterocycles. The SMILES string of the molecule is Cc1cn2cc(NC(=O)c3ccc(N4CCC(NC5CC5C)CC4)c4cn(C)nc34)cc(F)c2n1. The lowest BCUT2D eigenvalue weighted by Gasteiger charge is -2.34. The van der Waals surface area contributed by atoms with Gasteiger partial charge >= 0.3 is 0 Å². The highest BCUT2D eigenvalue weighted by atomic mass is 19.1. The number of amides is 1. The molecule has 35 heavy (non-hydrogen) atoms. The Labute approximate surface area is 203 Å².